The van der Waals surface area contributed by atoms with Crippen molar-refractivity contribution in [3.63, 3.8) is 0 Å². The molecule has 0 aliphatic carbocycles. The first-order valence-corrected chi connectivity index (χ1v) is 7.88. The van der Waals surface area contributed by atoms with Gasteiger partial charge in [-0.15, -0.1) is 0 Å². The molecule has 2 N–H and O–H groups in total. The Labute approximate surface area is 117 Å². The molecule has 9 heteroatoms. The maximum atomic E-state index is 12.2. The number of nitrogens with zero attached hydrogens (tertiary/aromatic N) is 2. The molecule has 1 saturated heterocycles. The fourth-order valence-corrected chi connectivity index (χ4v) is 3.63. The van der Waals surface area contributed by atoms with Crippen LogP contribution in [0.5, 0.6) is 0 Å². The summed E-state index contributed by atoms with van der Waals surface area (Å²) in [6.07, 6.45) is 1.15. The van der Waals surface area contributed by atoms with Gasteiger partial charge in [0.05, 0.1) is 0 Å². The summed E-state index contributed by atoms with van der Waals surface area (Å²) in [7, 11) is -3.61. The molecular weight excluding hydrogens is 284 g/mol. The molecule has 1 aromatic heterocycles. The van der Waals surface area contributed by atoms with E-state index in [9.17, 15) is 13.2 Å². The summed E-state index contributed by atoms with van der Waals surface area (Å²) in [5.74, 6) is 0.473. The first-order chi connectivity index (χ1) is 9.44. The van der Waals surface area contributed by atoms with Gasteiger partial charge in [0, 0.05) is 19.2 Å². The molecule has 1 aliphatic heterocycles. The van der Waals surface area contributed by atoms with Crippen LogP contribution in [-0.2, 0) is 15.0 Å². The van der Waals surface area contributed by atoms with Crippen molar-refractivity contribution in [3.05, 3.63) is 11.8 Å². The van der Waals surface area contributed by atoms with E-state index in [4.69, 9.17) is 4.52 Å². The lowest BCUT2D eigenvalue weighted by atomic mass is 10.2. The highest BCUT2D eigenvalue weighted by atomic mass is 32.2. The Balaban J connectivity index is 2.08. The predicted octanol–water partition coefficient (Wildman–Crippen LogP) is 0.240. The summed E-state index contributed by atoms with van der Waals surface area (Å²) >= 11 is 0. The van der Waals surface area contributed by atoms with Crippen molar-refractivity contribution in [3.8, 4) is 0 Å². The van der Waals surface area contributed by atoms with E-state index in [-0.39, 0.29) is 6.54 Å². The number of aryl methyl sites for hydroxylation is 1. The second-order valence-corrected chi connectivity index (χ2v) is 6.29. The Morgan fingerprint density at radius 2 is 2.35 bits per heavy atom. The van der Waals surface area contributed by atoms with Gasteiger partial charge in [0.2, 0.25) is 5.91 Å². The number of carbonyl (C=O) groups excluding carboxylic acids is 1. The average Bonchev–Trinajstić information content (AvgIpc) is 2.98. The van der Waals surface area contributed by atoms with Crippen molar-refractivity contribution in [2.75, 3.05) is 18.4 Å². The SMILES string of the molecule is CCNS(=O)(=O)N1CCCC1C(=O)Nc1cc(C)on1. The van der Waals surface area contributed by atoms with E-state index in [1.807, 2.05) is 0 Å². The van der Waals surface area contributed by atoms with E-state index in [1.165, 1.54) is 4.31 Å². The molecule has 2 rings (SSSR count). The van der Waals surface area contributed by atoms with Gasteiger partial charge in [0.15, 0.2) is 5.82 Å². The minimum absolute atomic E-state index is 0.287. The molecule has 0 spiro atoms. The molecule has 1 unspecified atom stereocenters. The third-order valence-corrected chi connectivity index (χ3v) is 4.73. The van der Waals surface area contributed by atoms with Crippen molar-refractivity contribution in [2.24, 2.45) is 0 Å². The molecule has 1 atom stereocenters. The van der Waals surface area contributed by atoms with Gasteiger partial charge in [-0.2, -0.15) is 12.7 Å². The summed E-state index contributed by atoms with van der Waals surface area (Å²) in [6.45, 7) is 4.03. The zero-order valence-corrected chi connectivity index (χ0v) is 12.2. The molecule has 0 aromatic carbocycles. The summed E-state index contributed by atoms with van der Waals surface area (Å²) in [4.78, 5) is 12.2. The summed E-state index contributed by atoms with van der Waals surface area (Å²) in [5, 5.41) is 6.23. The third kappa shape index (κ3) is 3.17. The van der Waals surface area contributed by atoms with Gasteiger partial charge in [0.1, 0.15) is 11.8 Å². The van der Waals surface area contributed by atoms with E-state index in [1.54, 1.807) is 19.9 Å². The van der Waals surface area contributed by atoms with Gasteiger partial charge >= 0.3 is 0 Å². The van der Waals surface area contributed by atoms with Gasteiger partial charge in [-0.05, 0) is 19.8 Å². The fraction of sp³-hybridized carbons (Fsp3) is 0.636. The molecular formula is C11H18N4O4S. The predicted molar refractivity (Wildman–Crippen MR) is 72.2 cm³/mol. The van der Waals surface area contributed by atoms with E-state index in [2.05, 4.69) is 15.2 Å². The van der Waals surface area contributed by atoms with Crippen LogP contribution in [0.25, 0.3) is 0 Å². The quantitative estimate of drug-likeness (QED) is 0.810. The molecule has 0 bridgehead atoms. The lowest BCUT2D eigenvalue weighted by Gasteiger charge is -2.22. The summed E-state index contributed by atoms with van der Waals surface area (Å²) in [5.41, 5.74) is 0. The zero-order valence-electron chi connectivity index (χ0n) is 11.4. The maximum absolute atomic E-state index is 12.2. The molecule has 1 aliphatic rings. The van der Waals surface area contributed by atoms with Crippen molar-refractivity contribution < 1.29 is 17.7 Å². The Kier molecular flexibility index (Phi) is 4.41. The monoisotopic (exact) mass is 302 g/mol. The van der Waals surface area contributed by atoms with Gasteiger partial charge in [-0.3, -0.25) is 4.79 Å². The van der Waals surface area contributed by atoms with E-state index < -0.39 is 22.2 Å². The van der Waals surface area contributed by atoms with Crippen LogP contribution in [0, 0.1) is 6.92 Å². The highest BCUT2D eigenvalue weighted by molar-refractivity contribution is 7.87. The normalized spacial score (nSPS) is 20.2. The van der Waals surface area contributed by atoms with E-state index >= 15 is 0 Å². The van der Waals surface area contributed by atoms with Gasteiger partial charge in [-0.1, -0.05) is 12.1 Å². The molecule has 112 valence electrons. The lowest BCUT2D eigenvalue weighted by molar-refractivity contribution is -0.119. The Bertz CT molecular complexity index is 583. The van der Waals surface area contributed by atoms with Crippen molar-refractivity contribution in [2.45, 2.75) is 32.7 Å². The minimum atomic E-state index is -3.61. The van der Waals surface area contributed by atoms with E-state index in [0.717, 1.165) is 0 Å². The Hall–Kier alpha value is -1.45. The maximum Gasteiger partial charge on any atom is 0.280 e. The smallest absolute Gasteiger partial charge is 0.280 e. The number of nitrogens with one attached hydrogen (secondary N) is 2. The molecule has 20 heavy (non-hydrogen) atoms. The van der Waals surface area contributed by atoms with E-state index in [0.29, 0.717) is 31.0 Å². The van der Waals surface area contributed by atoms with Crippen LogP contribution < -0.4 is 10.0 Å². The molecule has 8 nitrogen and oxygen atoms in total. The van der Waals surface area contributed by atoms with Crippen molar-refractivity contribution >= 4 is 21.9 Å². The summed E-state index contributed by atoms with van der Waals surface area (Å²) in [6, 6.07) is 0.867. The van der Waals surface area contributed by atoms with Crippen LogP contribution in [0.3, 0.4) is 0 Å². The molecule has 0 radical (unpaired) electrons. The highest BCUT2D eigenvalue weighted by Crippen LogP contribution is 2.21. The highest BCUT2D eigenvalue weighted by Gasteiger charge is 2.38. The second kappa shape index (κ2) is 5.90. The standard InChI is InChI=1S/C11H18N4O4S/c1-3-12-20(17,18)15-6-4-5-9(15)11(16)13-10-7-8(2)19-14-10/h7,9,12H,3-6H2,1-2H3,(H,13,14,16). The number of carbonyl (C=O) groups is 1. The number of rotatable bonds is 5. The Morgan fingerprint density at radius 3 is 2.95 bits per heavy atom. The van der Waals surface area contributed by atoms with Gasteiger partial charge in [-0.25, -0.2) is 4.72 Å². The van der Waals surface area contributed by atoms with Crippen LogP contribution in [-0.4, -0.2) is 42.9 Å². The number of aromatic nitrogens is 1. The number of hydrogen-bond acceptors (Lipinski definition) is 5. The Morgan fingerprint density at radius 1 is 1.60 bits per heavy atom. The second-order valence-electron chi connectivity index (χ2n) is 4.58. The number of hydrogen-bond donors (Lipinski definition) is 2. The first-order valence-electron chi connectivity index (χ1n) is 6.44. The average molecular weight is 302 g/mol. The summed E-state index contributed by atoms with van der Waals surface area (Å²) < 4.78 is 32.5. The molecule has 1 fully saturated rings. The zero-order chi connectivity index (χ0) is 14.8. The van der Waals surface area contributed by atoms with Crippen LogP contribution in [0.1, 0.15) is 25.5 Å². The van der Waals surface area contributed by atoms with Gasteiger partial charge < -0.3 is 9.84 Å². The molecule has 0 saturated carbocycles. The van der Waals surface area contributed by atoms with Crippen LogP contribution >= 0.6 is 0 Å². The van der Waals surface area contributed by atoms with Crippen LogP contribution in [0.4, 0.5) is 5.82 Å². The third-order valence-electron chi connectivity index (χ3n) is 3.02. The van der Waals surface area contributed by atoms with Gasteiger partial charge in [0.25, 0.3) is 10.2 Å². The van der Waals surface area contributed by atoms with Crippen molar-refractivity contribution in [1.82, 2.24) is 14.2 Å². The largest absolute Gasteiger partial charge is 0.360 e. The number of anilines is 1. The molecule has 1 amide bonds. The minimum Gasteiger partial charge on any atom is -0.360 e. The van der Waals surface area contributed by atoms with Crippen molar-refractivity contribution in [1.29, 1.82) is 0 Å². The van der Waals surface area contributed by atoms with Crippen LogP contribution in [0.15, 0.2) is 10.6 Å². The first kappa shape index (κ1) is 14.9. The number of amides is 1. The van der Waals surface area contributed by atoms with Crippen LogP contribution in [0.2, 0.25) is 0 Å². The lowest BCUT2D eigenvalue weighted by Crippen LogP contribution is -2.48. The topological polar surface area (TPSA) is 105 Å². The molecule has 2 heterocycles. The fourth-order valence-electron chi connectivity index (χ4n) is 2.19. The molecule has 1 aromatic rings.